The van der Waals surface area contributed by atoms with E-state index in [1.54, 1.807) is 12.4 Å². The predicted octanol–water partition coefficient (Wildman–Crippen LogP) is 2.93. The molecule has 2 aliphatic rings. The fourth-order valence-corrected chi connectivity index (χ4v) is 5.08. The number of likely N-dealkylation sites (tertiary alicyclic amines) is 1. The monoisotopic (exact) mass is 469 g/mol. The van der Waals surface area contributed by atoms with Crippen LogP contribution in [0.15, 0.2) is 48.9 Å². The third-order valence-corrected chi connectivity index (χ3v) is 7.16. The first kappa shape index (κ1) is 21.7. The number of anilines is 2. The van der Waals surface area contributed by atoms with E-state index in [-0.39, 0.29) is 5.91 Å². The van der Waals surface area contributed by atoms with E-state index in [1.807, 2.05) is 48.1 Å². The normalized spacial score (nSPS) is 17.4. The van der Waals surface area contributed by atoms with E-state index in [2.05, 4.69) is 27.6 Å². The van der Waals surface area contributed by atoms with Crippen LogP contribution in [0.25, 0.3) is 22.3 Å². The Morgan fingerprint density at radius 1 is 1.11 bits per heavy atom. The SMILES string of the molecule is CN1CCC(O)(c2cccc(Nc3cnc(-c4ccnc5c4ccn5C)c4c3C(=O)NC4)n2)CC1. The Hall–Kier alpha value is -3.82. The molecule has 4 aromatic heterocycles. The van der Waals surface area contributed by atoms with E-state index in [0.717, 1.165) is 40.9 Å². The molecular weight excluding hydrogens is 442 g/mol. The molecule has 1 saturated heterocycles. The maximum atomic E-state index is 12.9. The standard InChI is InChI=1S/C26H27N7O2/c1-32-12-8-26(35,9-13-32)20-4-3-5-21(31-20)30-19-15-28-23(18-14-29-25(34)22(18)19)16-6-10-27-24-17(16)7-11-33(24)2/h3-7,10-11,15,35H,8-9,12-14H2,1-2H3,(H,29,34)(H,30,31). The fourth-order valence-electron chi connectivity index (χ4n) is 5.08. The van der Waals surface area contributed by atoms with Gasteiger partial charge < -0.3 is 25.2 Å². The smallest absolute Gasteiger partial charge is 0.254 e. The van der Waals surface area contributed by atoms with Crippen molar-refractivity contribution in [2.75, 3.05) is 25.5 Å². The average molecular weight is 470 g/mol. The van der Waals surface area contributed by atoms with Gasteiger partial charge in [-0.25, -0.2) is 9.97 Å². The molecule has 0 spiro atoms. The second-order valence-electron chi connectivity index (χ2n) is 9.45. The van der Waals surface area contributed by atoms with Crippen LogP contribution in [0.5, 0.6) is 0 Å². The highest BCUT2D eigenvalue weighted by Crippen LogP contribution is 2.36. The zero-order chi connectivity index (χ0) is 24.2. The van der Waals surface area contributed by atoms with E-state index in [1.165, 1.54) is 0 Å². The van der Waals surface area contributed by atoms with Gasteiger partial charge in [-0.05, 0) is 44.2 Å². The molecule has 0 atom stereocenters. The molecular formula is C26H27N7O2. The lowest BCUT2D eigenvalue weighted by Gasteiger charge is -2.36. The van der Waals surface area contributed by atoms with Crippen molar-refractivity contribution in [2.24, 2.45) is 7.05 Å². The largest absolute Gasteiger partial charge is 0.383 e. The van der Waals surface area contributed by atoms with E-state index in [0.29, 0.717) is 42.1 Å². The van der Waals surface area contributed by atoms with Gasteiger partial charge in [0, 0.05) is 55.6 Å². The van der Waals surface area contributed by atoms with Crippen LogP contribution >= 0.6 is 0 Å². The number of aliphatic hydroxyl groups is 1. The van der Waals surface area contributed by atoms with Crippen molar-refractivity contribution in [1.82, 2.24) is 29.7 Å². The zero-order valence-corrected chi connectivity index (χ0v) is 19.7. The van der Waals surface area contributed by atoms with Gasteiger partial charge in [-0.1, -0.05) is 6.07 Å². The summed E-state index contributed by atoms with van der Waals surface area (Å²) in [7, 11) is 4.01. The summed E-state index contributed by atoms with van der Waals surface area (Å²) in [5, 5.41) is 18.4. The third-order valence-electron chi connectivity index (χ3n) is 7.16. The second-order valence-corrected chi connectivity index (χ2v) is 9.45. The molecule has 178 valence electrons. The Labute approximate surface area is 202 Å². The number of fused-ring (bicyclic) bond motifs is 2. The number of nitrogens with one attached hydrogen (secondary N) is 2. The van der Waals surface area contributed by atoms with Crippen molar-refractivity contribution in [1.29, 1.82) is 0 Å². The quantitative estimate of drug-likeness (QED) is 0.422. The lowest BCUT2D eigenvalue weighted by molar-refractivity contribution is -0.0237. The average Bonchev–Trinajstić information content (AvgIpc) is 3.45. The predicted molar refractivity (Wildman–Crippen MR) is 133 cm³/mol. The van der Waals surface area contributed by atoms with Crippen LogP contribution in [0.1, 0.15) is 34.5 Å². The van der Waals surface area contributed by atoms with Crippen LogP contribution in [-0.2, 0) is 19.2 Å². The molecule has 1 fully saturated rings. The first-order valence-corrected chi connectivity index (χ1v) is 11.8. The molecule has 6 heterocycles. The van der Waals surface area contributed by atoms with Crippen LogP contribution in [0.2, 0.25) is 0 Å². The fraction of sp³-hybridized carbons (Fsp3) is 0.308. The number of amides is 1. The maximum Gasteiger partial charge on any atom is 0.254 e. The molecule has 0 aliphatic carbocycles. The topological polar surface area (TPSA) is 108 Å². The number of pyridine rings is 3. The van der Waals surface area contributed by atoms with Gasteiger partial charge in [0.2, 0.25) is 0 Å². The van der Waals surface area contributed by atoms with Crippen molar-refractivity contribution in [3.63, 3.8) is 0 Å². The second kappa shape index (κ2) is 8.14. The number of aryl methyl sites for hydroxylation is 1. The molecule has 0 bridgehead atoms. The van der Waals surface area contributed by atoms with Crippen LogP contribution < -0.4 is 10.6 Å². The van der Waals surface area contributed by atoms with E-state index < -0.39 is 5.60 Å². The summed E-state index contributed by atoms with van der Waals surface area (Å²) in [6.45, 7) is 2.04. The summed E-state index contributed by atoms with van der Waals surface area (Å²) < 4.78 is 1.97. The number of hydrogen-bond donors (Lipinski definition) is 3. The zero-order valence-electron chi connectivity index (χ0n) is 19.7. The molecule has 0 saturated carbocycles. The van der Waals surface area contributed by atoms with Gasteiger partial charge in [-0.2, -0.15) is 0 Å². The van der Waals surface area contributed by atoms with E-state index in [9.17, 15) is 9.90 Å². The van der Waals surface area contributed by atoms with E-state index in [4.69, 9.17) is 9.97 Å². The maximum absolute atomic E-state index is 12.9. The summed E-state index contributed by atoms with van der Waals surface area (Å²) in [4.78, 5) is 29.0. The Balaban J connectivity index is 1.38. The van der Waals surface area contributed by atoms with Gasteiger partial charge >= 0.3 is 0 Å². The summed E-state index contributed by atoms with van der Waals surface area (Å²) in [5.41, 5.74) is 4.28. The molecule has 1 amide bonds. The highest BCUT2D eigenvalue weighted by Gasteiger charge is 2.34. The van der Waals surface area contributed by atoms with Crippen molar-refractivity contribution >= 4 is 28.4 Å². The summed E-state index contributed by atoms with van der Waals surface area (Å²) in [5.74, 6) is 0.426. The minimum absolute atomic E-state index is 0.144. The molecule has 0 radical (unpaired) electrons. The lowest BCUT2D eigenvalue weighted by Crippen LogP contribution is -2.41. The molecule has 4 aromatic rings. The molecule has 3 N–H and O–H groups in total. The molecule has 35 heavy (non-hydrogen) atoms. The van der Waals surface area contributed by atoms with Gasteiger partial charge in [0.25, 0.3) is 5.91 Å². The summed E-state index contributed by atoms with van der Waals surface area (Å²) >= 11 is 0. The number of nitrogens with zero attached hydrogens (tertiary/aromatic N) is 5. The number of piperidine rings is 1. The minimum atomic E-state index is -0.950. The van der Waals surface area contributed by atoms with Gasteiger partial charge in [0.05, 0.1) is 28.8 Å². The van der Waals surface area contributed by atoms with Crippen LogP contribution in [-0.4, -0.2) is 55.6 Å². The van der Waals surface area contributed by atoms with Crippen molar-refractivity contribution in [2.45, 2.75) is 25.0 Å². The number of hydrogen-bond acceptors (Lipinski definition) is 7. The molecule has 0 unspecified atom stereocenters. The number of carbonyl (C=O) groups excluding carboxylic acids is 1. The summed E-state index contributed by atoms with van der Waals surface area (Å²) in [6, 6.07) is 9.54. The van der Waals surface area contributed by atoms with Crippen LogP contribution in [0.4, 0.5) is 11.5 Å². The van der Waals surface area contributed by atoms with Gasteiger partial charge in [-0.3, -0.25) is 9.78 Å². The number of carbonyl (C=O) groups is 1. The number of rotatable bonds is 4. The van der Waals surface area contributed by atoms with Gasteiger partial charge in [0.1, 0.15) is 17.1 Å². The lowest BCUT2D eigenvalue weighted by atomic mass is 9.88. The first-order valence-electron chi connectivity index (χ1n) is 11.8. The van der Waals surface area contributed by atoms with Crippen LogP contribution in [0, 0.1) is 0 Å². The molecule has 0 aromatic carbocycles. The van der Waals surface area contributed by atoms with Crippen molar-refractivity contribution < 1.29 is 9.90 Å². The molecule has 6 rings (SSSR count). The highest BCUT2D eigenvalue weighted by atomic mass is 16.3. The Morgan fingerprint density at radius 3 is 2.77 bits per heavy atom. The van der Waals surface area contributed by atoms with Gasteiger partial charge in [-0.15, -0.1) is 0 Å². The highest BCUT2D eigenvalue weighted by molar-refractivity contribution is 6.06. The van der Waals surface area contributed by atoms with Crippen molar-refractivity contribution in [3.05, 3.63) is 65.7 Å². The van der Waals surface area contributed by atoms with Crippen LogP contribution in [0.3, 0.4) is 0 Å². The third kappa shape index (κ3) is 3.64. The van der Waals surface area contributed by atoms with Crippen molar-refractivity contribution in [3.8, 4) is 11.3 Å². The Morgan fingerprint density at radius 2 is 1.94 bits per heavy atom. The molecule has 9 nitrogen and oxygen atoms in total. The molecule has 2 aliphatic heterocycles. The van der Waals surface area contributed by atoms with E-state index >= 15 is 0 Å². The Kier molecular flexibility index (Phi) is 5.05. The summed E-state index contributed by atoms with van der Waals surface area (Å²) in [6.07, 6.45) is 6.69. The number of aromatic nitrogens is 4. The first-order chi connectivity index (χ1) is 16.9. The Bertz CT molecular complexity index is 1450. The minimum Gasteiger partial charge on any atom is -0.383 e. The molecule has 9 heteroatoms. The van der Waals surface area contributed by atoms with Gasteiger partial charge in [0.15, 0.2) is 0 Å².